The number of rotatable bonds is 12. The molecule has 0 saturated heterocycles. The molecular weight excluding hydrogens is 272 g/mol. The van der Waals surface area contributed by atoms with Gasteiger partial charge in [-0.3, -0.25) is 0 Å². The Kier molecular flexibility index (Phi) is 12.4. The van der Waals surface area contributed by atoms with E-state index >= 15 is 0 Å². The molecule has 0 amide bonds. The molecule has 0 aromatic carbocycles. The summed E-state index contributed by atoms with van der Waals surface area (Å²) >= 11 is 0. The highest BCUT2D eigenvalue weighted by atomic mass is 16.5. The van der Waals surface area contributed by atoms with Gasteiger partial charge < -0.3 is 9.47 Å². The molecule has 0 N–H and O–H groups in total. The molecule has 0 unspecified atom stereocenters. The van der Waals surface area contributed by atoms with Crippen LogP contribution < -0.4 is 0 Å². The van der Waals surface area contributed by atoms with Gasteiger partial charge in [-0.2, -0.15) is 0 Å². The quantitative estimate of drug-likeness (QED) is 0.334. The molecule has 0 heterocycles. The average molecular weight is 309 g/mol. The predicted octanol–water partition coefficient (Wildman–Crippen LogP) is 5.82. The molecule has 1 aliphatic rings. The van der Waals surface area contributed by atoms with Crippen LogP contribution >= 0.6 is 0 Å². The molecule has 0 radical (unpaired) electrons. The standard InChI is InChI=1S/C20H36O2/c1-3-5-7-9-11-17-21-19-13-15-20(16-14-19)22-18-12-10-8-6-4-2/h5-8,19-20H,3-4,9-18H2,1-2H3. The van der Waals surface area contributed by atoms with Gasteiger partial charge in [-0.25, -0.2) is 0 Å². The Morgan fingerprint density at radius 2 is 1.09 bits per heavy atom. The Hall–Kier alpha value is -0.600. The van der Waals surface area contributed by atoms with E-state index in [1.165, 1.54) is 25.7 Å². The van der Waals surface area contributed by atoms with E-state index in [2.05, 4.69) is 38.2 Å². The van der Waals surface area contributed by atoms with Gasteiger partial charge >= 0.3 is 0 Å². The second kappa shape index (κ2) is 14.0. The van der Waals surface area contributed by atoms with Crippen molar-refractivity contribution in [2.75, 3.05) is 13.2 Å². The van der Waals surface area contributed by atoms with Gasteiger partial charge in [0.2, 0.25) is 0 Å². The molecule has 128 valence electrons. The minimum atomic E-state index is 0.475. The van der Waals surface area contributed by atoms with E-state index < -0.39 is 0 Å². The summed E-state index contributed by atoms with van der Waals surface area (Å²) in [5.74, 6) is 0. The van der Waals surface area contributed by atoms with Crippen molar-refractivity contribution in [3.05, 3.63) is 24.3 Å². The summed E-state index contributed by atoms with van der Waals surface area (Å²) in [6.07, 6.45) is 21.5. The molecule has 1 saturated carbocycles. The highest BCUT2D eigenvalue weighted by Gasteiger charge is 2.21. The van der Waals surface area contributed by atoms with Crippen LogP contribution in [0.3, 0.4) is 0 Å². The lowest BCUT2D eigenvalue weighted by atomic mass is 9.95. The first-order chi connectivity index (χ1) is 10.9. The fourth-order valence-corrected chi connectivity index (χ4v) is 2.84. The Morgan fingerprint density at radius 3 is 1.45 bits per heavy atom. The Labute approximate surface area is 138 Å². The van der Waals surface area contributed by atoms with Crippen LogP contribution in [0.15, 0.2) is 24.3 Å². The molecule has 1 fully saturated rings. The van der Waals surface area contributed by atoms with Crippen LogP contribution in [0.5, 0.6) is 0 Å². The van der Waals surface area contributed by atoms with E-state index in [1.807, 2.05) is 0 Å². The van der Waals surface area contributed by atoms with E-state index in [0.717, 1.165) is 51.7 Å². The van der Waals surface area contributed by atoms with Crippen molar-refractivity contribution in [1.29, 1.82) is 0 Å². The monoisotopic (exact) mass is 308 g/mol. The highest BCUT2D eigenvalue weighted by molar-refractivity contribution is 4.80. The highest BCUT2D eigenvalue weighted by Crippen LogP contribution is 2.23. The lowest BCUT2D eigenvalue weighted by molar-refractivity contribution is -0.0318. The molecular formula is C20H36O2. The van der Waals surface area contributed by atoms with Crippen molar-refractivity contribution < 1.29 is 9.47 Å². The van der Waals surface area contributed by atoms with E-state index in [0.29, 0.717) is 12.2 Å². The zero-order chi connectivity index (χ0) is 15.9. The lowest BCUT2D eigenvalue weighted by Gasteiger charge is -2.28. The van der Waals surface area contributed by atoms with Crippen molar-refractivity contribution >= 4 is 0 Å². The van der Waals surface area contributed by atoms with E-state index in [4.69, 9.17) is 9.47 Å². The second-order valence-electron chi connectivity index (χ2n) is 6.18. The van der Waals surface area contributed by atoms with Crippen LogP contribution in [0.4, 0.5) is 0 Å². The summed E-state index contributed by atoms with van der Waals surface area (Å²) in [6.45, 7) is 6.17. The first-order valence-electron chi connectivity index (χ1n) is 9.40. The summed E-state index contributed by atoms with van der Waals surface area (Å²) in [6, 6.07) is 0. The van der Waals surface area contributed by atoms with E-state index in [-0.39, 0.29) is 0 Å². The van der Waals surface area contributed by atoms with Gasteiger partial charge in [0.1, 0.15) is 0 Å². The predicted molar refractivity (Wildman–Crippen MR) is 95.3 cm³/mol. The van der Waals surface area contributed by atoms with Crippen molar-refractivity contribution in [3.8, 4) is 0 Å². The van der Waals surface area contributed by atoms with Crippen LogP contribution in [0.1, 0.15) is 78.1 Å². The molecule has 0 atom stereocenters. The van der Waals surface area contributed by atoms with Crippen molar-refractivity contribution in [2.24, 2.45) is 0 Å². The first kappa shape index (κ1) is 19.4. The normalized spacial score (nSPS) is 22.8. The number of hydrogen-bond acceptors (Lipinski definition) is 2. The number of ether oxygens (including phenoxy) is 2. The third-order valence-corrected chi connectivity index (χ3v) is 4.16. The Morgan fingerprint density at radius 1 is 0.682 bits per heavy atom. The Balaban J connectivity index is 1.94. The summed E-state index contributed by atoms with van der Waals surface area (Å²) in [4.78, 5) is 0. The maximum atomic E-state index is 5.98. The summed E-state index contributed by atoms with van der Waals surface area (Å²) in [7, 11) is 0. The molecule has 1 aliphatic carbocycles. The summed E-state index contributed by atoms with van der Waals surface area (Å²) in [5, 5.41) is 0. The van der Waals surface area contributed by atoms with Gasteiger partial charge in [0.15, 0.2) is 0 Å². The van der Waals surface area contributed by atoms with Crippen molar-refractivity contribution in [1.82, 2.24) is 0 Å². The maximum absolute atomic E-state index is 5.98. The van der Waals surface area contributed by atoms with Gasteiger partial charge in [0.25, 0.3) is 0 Å². The van der Waals surface area contributed by atoms with Crippen LogP contribution in [-0.2, 0) is 9.47 Å². The van der Waals surface area contributed by atoms with E-state index in [1.54, 1.807) is 0 Å². The van der Waals surface area contributed by atoms with Crippen LogP contribution in [0, 0.1) is 0 Å². The molecule has 0 aromatic rings. The second-order valence-corrected chi connectivity index (χ2v) is 6.18. The third kappa shape index (κ3) is 10.2. The molecule has 2 heteroatoms. The lowest BCUT2D eigenvalue weighted by Crippen LogP contribution is -2.27. The molecule has 0 aliphatic heterocycles. The van der Waals surface area contributed by atoms with E-state index in [9.17, 15) is 0 Å². The van der Waals surface area contributed by atoms with Crippen molar-refractivity contribution in [3.63, 3.8) is 0 Å². The molecule has 1 rings (SSSR count). The molecule has 0 spiro atoms. The summed E-state index contributed by atoms with van der Waals surface area (Å²) in [5.41, 5.74) is 0. The van der Waals surface area contributed by atoms with Gasteiger partial charge in [0, 0.05) is 13.2 Å². The van der Waals surface area contributed by atoms with Gasteiger partial charge in [0.05, 0.1) is 12.2 Å². The fourth-order valence-electron chi connectivity index (χ4n) is 2.84. The number of allylic oxidation sites excluding steroid dienone is 4. The topological polar surface area (TPSA) is 18.5 Å². The van der Waals surface area contributed by atoms with Gasteiger partial charge in [-0.15, -0.1) is 0 Å². The minimum absolute atomic E-state index is 0.475. The minimum Gasteiger partial charge on any atom is -0.378 e. The fraction of sp³-hybridized carbons (Fsp3) is 0.800. The maximum Gasteiger partial charge on any atom is 0.0577 e. The Bertz CT molecular complexity index is 258. The SMILES string of the molecule is CCC=CCCCOC1CCC(OCCCC=CCC)CC1. The molecule has 0 aromatic heterocycles. The van der Waals surface area contributed by atoms with Crippen LogP contribution in [0.25, 0.3) is 0 Å². The first-order valence-corrected chi connectivity index (χ1v) is 9.40. The molecule has 22 heavy (non-hydrogen) atoms. The smallest absolute Gasteiger partial charge is 0.0577 e. The van der Waals surface area contributed by atoms with Gasteiger partial charge in [-0.05, 0) is 64.2 Å². The third-order valence-electron chi connectivity index (χ3n) is 4.16. The largest absolute Gasteiger partial charge is 0.378 e. The number of unbranched alkanes of at least 4 members (excludes halogenated alkanes) is 2. The average Bonchev–Trinajstić information content (AvgIpc) is 2.55. The van der Waals surface area contributed by atoms with Crippen LogP contribution in [0.2, 0.25) is 0 Å². The summed E-state index contributed by atoms with van der Waals surface area (Å²) < 4.78 is 12.0. The van der Waals surface area contributed by atoms with Gasteiger partial charge in [-0.1, -0.05) is 38.2 Å². The zero-order valence-corrected chi connectivity index (χ0v) is 14.8. The zero-order valence-electron chi connectivity index (χ0n) is 14.8. The van der Waals surface area contributed by atoms with Crippen molar-refractivity contribution in [2.45, 2.75) is 90.3 Å². The van der Waals surface area contributed by atoms with Crippen LogP contribution in [-0.4, -0.2) is 25.4 Å². The molecule has 0 bridgehead atoms. The number of hydrogen-bond donors (Lipinski definition) is 0. The molecule has 2 nitrogen and oxygen atoms in total.